The van der Waals surface area contributed by atoms with Gasteiger partial charge >= 0.3 is 0 Å². The largest absolute Gasteiger partial charge is 0.493 e. The molecule has 1 atom stereocenters. The Hall–Kier alpha value is -2.82. The summed E-state index contributed by atoms with van der Waals surface area (Å²) in [7, 11) is 1.62. The number of furan rings is 1. The first-order chi connectivity index (χ1) is 20.1. The first kappa shape index (κ1) is 30.6. The fraction of sp³-hybridized carbons (Fsp3) is 0.333. The van der Waals surface area contributed by atoms with Crippen LogP contribution in [0.2, 0.25) is 5.02 Å². The van der Waals surface area contributed by atoms with Gasteiger partial charge in [0.2, 0.25) is 0 Å². The quantitative estimate of drug-likeness (QED) is 0.139. The highest BCUT2D eigenvalue weighted by atomic mass is 127. The highest BCUT2D eigenvalue weighted by molar-refractivity contribution is 14.1. The van der Waals surface area contributed by atoms with Crippen LogP contribution in [-0.4, -0.2) is 19.2 Å². The summed E-state index contributed by atoms with van der Waals surface area (Å²) in [4.78, 5) is 19.7. The number of nitrogens with zero attached hydrogens (tertiary/aromatic N) is 1. The van der Waals surface area contributed by atoms with Gasteiger partial charge in [0, 0.05) is 21.7 Å². The smallest absolute Gasteiger partial charge is 0.255 e. The molecule has 0 spiro atoms. The number of carbonyl (C=O) groups is 1. The number of amides is 1. The van der Waals surface area contributed by atoms with Crippen molar-refractivity contribution in [3.8, 4) is 11.5 Å². The number of aliphatic imine (C=N–C) groups is 1. The van der Waals surface area contributed by atoms with Gasteiger partial charge in [-0.05, 0) is 94.6 Å². The van der Waals surface area contributed by atoms with Crippen LogP contribution in [0, 0.1) is 14.9 Å². The van der Waals surface area contributed by atoms with Crippen molar-refractivity contribution < 1.29 is 18.7 Å². The van der Waals surface area contributed by atoms with E-state index in [1.165, 1.54) is 4.88 Å². The second-order valence-corrected chi connectivity index (χ2v) is 14.1. The van der Waals surface area contributed by atoms with E-state index < -0.39 is 0 Å². The van der Waals surface area contributed by atoms with Gasteiger partial charge in [-0.15, -0.1) is 11.3 Å². The lowest BCUT2D eigenvalue weighted by Crippen LogP contribution is -2.28. The van der Waals surface area contributed by atoms with Gasteiger partial charge in [0.25, 0.3) is 5.91 Å². The van der Waals surface area contributed by atoms with Crippen molar-refractivity contribution in [2.24, 2.45) is 16.3 Å². The number of nitrogens with one attached hydrogen (secondary N) is 1. The van der Waals surface area contributed by atoms with Crippen molar-refractivity contribution >= 4 is 62.7 Å². The average Bonchev–Trinajstić information content (AvgIpc) is 3.61. The van der Waals surface area contributed by atoms with Crippen molar-refractivity contribution in [3.05, 3.63) is 96.3 Å². The van der Waals surface area contributed by atoms with E-state index in [0.717, 1.165) is 44.5 Å². The predicted octanol–water partition coefficient (Wildman–Crippen LogP) is 9.02. The molecule has 0 unspecified atom stereocenters. The molecule has 220 valence electrons. The Morgan fingerprint density at radius 1 is 1.24 bits per heavy atom. The fourth-order valence-electron chi connectivity index (χ4n) is 5.16. The third-order valence-electron chi connectivity index (χ3n) is 7.61. The standard InChI is InChI=1S/C33H34ClIN2O4S/c1-33(2,3)22-11-12-24-28(16-22)42-32(29(24)31(38)36-18-23-9-7-13-40-23)37-17-20-14-26(35)30(27(15-20)39-4)41-19-21-8-5-6-10-25(21)34/h5-10,13-15,17,22H,11-12,16,18-19H2,1-4H3,(H,36,38)/t22-/m1/s1. The highest BCUT2D eigenvalue weighted by Crippen LogP contribution is 2.45. The zero-order valence-electron chi connectivity index (χ0n) is 24.1. The van der Waals surface area contributed by atoms with Crippen LogP contribution in [0.3, 0.4) is 0 Å². The molecule has 2 aromatic carbocycles. The van der Waals surface area contributed by atoms with Crippen LogP contribution in [0.15, 0.2) is 64.2 Å². The highest BCUT2D eigenvalue weighted by Gasteiger charge is 2.33. The summed E-state index contributed by atoms with van der Waals surface area (Å²) < 4.78 is 18.1. The minimum atomic E-state index is -0.124. The predicted molar refractivity (Wildman–Crippen MR) is 178 cm³/mol. The summed E-state index contributed by atoms with van der Waals surface area (Å²) in [5, 5.41) is 4.42. The Bertz CT molecular complexity index is 1590. The van der Waals surface area contributed by atoms with Gasteiger partial charge < -0.3 is 19.2 Å². The summed E-state index contributed by atoms with van der Waals surface area (Å²) in [6.45, 7) is 7.54. The summed E-state index contributed by atoms with van der Waals surface area (Å²) in [6, 6.07) is 15.2. The molecule has 0 aliphatic heterocycles. The number of halogens is 2. The minimum absolute atomic E-state index is 0.124. The van der Waals surface area contributed by atoms with Gasteiger partial charge in [-0.2, -0.15) is 0 Å². The third-order valence-corrected chi connectivity index (χ3v) is 9.95. The number of hydrogen-bond donors (Lipinski definition) is 1. The molecular weight excluding hydrogens is 683 g/mol. The van der Waals surface area contributed by atoms with E-state index in [1.54, 1.807) is 30.9 Å². The molecule has 1 amide bonds. The Morgan fingerprint density at radius 2 is 2.05 bits per heavy atom. The molecule has 0 bridgehead atoms. The number of thiophene rings is 1. The van der Waals surface area contributed by atoms with Crippen molar-refractivity contribution in [1.82, 2.24) is 5.32 Å². The monoisotopic (exact) mass is 716 g/mol. The van der Waals surface area contributed by atoms with Crippen molar-refractivity contribution in [2.75, 3.05) is 7.11 Å². The Kier molecular flexibility index (Phi) is 9.64. The maximum atomic E-state index is 13.5. The van der Waals surface area contributed by atoms with Crippen molar-refractivity contribution in [3.63, 3.8) is 0 Å². The van der Waals surface area contributed by atoms with Crippen LogP contribution in [0.4, 0.5) is 5.00 Å². The molecule has 2 aromatic heterocycles. The maximum Gasteiger partial charge on any atom is 0.255 e. The number of methoxy groups -OCH3 is 1. The van der Waals surface area contributed by atoms with E-state index in [4.69, 9.17) is 30.5 Å². The fourth-order valence-corrected chi connectivity index (χ4v) is 7.40. The Morgan fingerprint density at radius 3 is 2.76 bits per heavy atom. The molecule has 5 rings (SSSR count). The van der Waals surface area contributed by atoms with Crippen LogP contribution in [0.1, 0.15) is 64.9 Å². The van der Waals surface area contributed by atoms with E-state index in [9.17, 15) is 4.79 Å². The first-order valence-corrected chi connectivity index (χ1v) is 16.1. The molecule has 0 fully saturated rings. The van der Waals surface area contributed by atoms with Crippen molar-refractivity contribution in [1.29, 1.82) is 0 Å². The molecular formula is C33H34ClIN2O4S. The average molecular weight is 717 g/mol. The molecule has 1 aliphatic carbocycles. The lowest BCUT2D eigenvalue weighted by molar-refractivity contribution is 0.0947. The molecule has 4 aromatic rings. The number of hydrogen-bond acceptors (Lipinski definition) is 6. The molecule has 42 heavy (non-hydrogen) atoms. The Labute approximate surface area is 269 Å². The van der Waals surface area contributed by atoms with Gasteiger partial charge in [-0.3, -0.25) is 4.79 Å². The van der Waals surface area contributed by atoms with Crippen LogP contribution >= 0.6 is 45.5 Å². The summed E-state index contributed by atoms with van der Waals surface area (Å²) in [6.07, 6.45) is 6.29. The molecule has 2 heterocycles. The van der Waals surface area contributed by atoms with Gasteiger partial charge in [0.1, 0.15) is 17.4 Å². The van der Waals surface area contributed by atoms with Crippen LogP contribution in [-0.2, 0) is 26.0 Å². The lowest BCUT2D eigenvalue weighted by atomic mass is 9.72. The van der Waals surface area contributed by atoms with Crippen LogP contribution in [0.25, 0.3) is 0 Å². The molecule has 9 heteroatoms. The molecule has 1 aliphatic rings. The molecule has 6 nitrogen and oxygen atoms in total. The summed E-state index contributed by atoms with van der Waals surface area (Å²) >= 11 is 10.2. The molecule has 1 N–H and O–H groups in total. The maximum absolute atomic E-state index is 13.5. The van der Waals surface area contributed by atoms with E-state index in [0.29, 0.717) is 46.9 Å². The van der Waals surface area contributed by atoms with Gasteiger partial charge in [-0.25, -0.2) is 4.99 Å². The number of rotatable bonds is 9. The second-order valence-electron chi connectivity index (χ2n) is 11.4. The number of fused-ring (bicyclic) bond motifs is 1. The Balaban J connectivity index is 1.42. The van der Waals surface area contributed by atoms with Crippen LogP contribution in [0.5, 0.6) is 11.5 Å². The summed E-state index contributed by atoms with van der Waals surface area (Å²) in [5.74, 6) is 2.39. The SMILES string of the molecule is COc1cc(C=Nc2sc3c(c2C(=O)NCc2ccco2)CC[C@@H](C(C)(C)C)C3)cc(I)c1OCc1ccccc1Cl. The molecule has 0 radical (unpaired) electrons. The van der Waals surface area contributed by atoms with Gasteiger partial charge in [0.15, 0.2) is 11.5 Å². The van der Waals surface area contributed by atoms with E-state index >= 15 is 0 Å². The topological polar surface area (TPSA) is 73.1 Å². The van der Waals surface area contributed by atoms with E-state index in [2.05, 4.69) is 48.7 Å². The molecule has 0 saturated heterocycles. The summed E-state index contributed by atoms with van der Waals surface area (Å²) in [5.41, 5.74) is 3.75. The number of carbonyl (C=O) groups excluding carboxylic acids is 1. The second kappa shape index (κ2) is 13.2. The van der Waals surface area contributed by atoms with E-state index in [-0.39, 0.29) is 11.3 Å². The number of benzene rings is 2. The first-order valence-electron chi connectivity index (χ1n) is 13.9. The third kappa shape index (κ3) is 7.03. The zero-order valence-corrected chi connectivity index (χ0v) is 27.9. The normalized spacial score (nSPS) is 15.0. The van der Waals surface area contributed by atoms with E-state index in [1.807, 2.05) is 48.5 Å². The molecule has 0 saturated carbocycles. The minimum Gasteiger partial charge on any atom is -0.493 e. The van der Waals surface area contributed by atoms with Crippen LogP contribution < -0.4 is 14.8 Å². The van der Waals surface area contributed by atoms with Crippen molar-refractivity contribution in [2.45, 2.75) is 53.2 Å². The van der Waals surface area contributed by atoms with Gasteiger partial charge in [-0.1, -0.05) is 50.6 Å². The van der Waals surface area contributed by atoms with Gasteiger partial charge in [0.05, 0.1) is 29.1 Å². The zero-order chi connectivity index (χ0) is 29.9. The number of ether oxygens (including phenoxy) is 2. The lowest BCUT2D eigenvalue weighted by Gasteiger charge is -2.33.